The van der Waals surface area contributed by atoms with Gasteiger partial charge in [-0.15, -0.1) is 11.3 Å². The summed E-state index contributed by atoms with van der Waals surface area (Å²) in [6.45, 7) is 1.84. The molecule has 0 aliphatic carbocycles. The number of thiophene rings is 1. The van der Waals surface area contributed by atoms with Gasteiger partial charge in [0.05, 0.1) is 16.1 Å². The third-order valence-corrected chi connectivity index (χ3v) is 4.23. The third kappa shape index (κ3) is 2.85. The minimum absolute atomic E-state index is 0.0527. The maximum Gasteiger partial charge on any atom is 0.337 e. The predicted octanol–water partition coefficient (Wildman–Crippen LogP) is 3.77. The smallest absolute Gasteiger partial charge is 0.337 e. The van der Waals surface area contributed by atoms with Crippen molar-refractivity contribution in [2.45, 2.75) is 6.92 Å². The molecule has 19 heavy (non-hydrogen) atoms. The number of carboxylic acid groups (broad SMARTS) is 1. The summed E-state index contributed by atoms with van der Waals surface area (Å²) in [7, 11) is 0. The van der Waals surface area contributed by atoms with Crippen molar-refractivity contribution in [1.29, 1.82) is 0 Å². The molecule has 4 nitrogen and oxygen atoms in total. The summed E-state index contributed by atoms with van der Waals surface area (Å²) in [6.07, 6.45) is 0. The van der Waals surface area contributed by atoms with Crippen molar-refractivity contribution in [3.63, 3.8) is 0 Å². The van der Waals surface area contributed by atoms with Gasteiger partial charge in [0.25, 0.3) is 5.91 Å². The van der Waals surface area contributed by atoms with Crippen molar-refractivity contribution in [2.75, 3.05) is 5.32 Å². The van der Waals surface area contributed by atoms with E-state index in [1.807, 2.05) is 18.4 Å². The van der Waals surface area contributed by atoms with Gasteiger partial charge >= 0.3 is 5.97 Å². The molecule has 0 aliphatic heterocycles. The van der Waals surface area contributed by atoms with Crippen LogP contribution in [0, 0.1) is 6.92 Å². The van der Waals surface area contributed by atoms with Crippen LogP contribution in [-0.4, -0.2) is 17.0 Å². The largest absolute Gasteiger partial charge is 0.478 e. The summed E-state index contributed by atoms with van der Waals surface area (Å²) in [5, 5.41) is 13.6. The number of hydrogen-bond donors (Lipinski definition) is 2. The monoisotopic (exact) mass is 339 g/mol. The Kier molecular flexibility index (Phi) is 4.01. The number of carbonyl (C=O) groups is 2. The van der Waals surface area contributed by atoms with Gasteiger partial charge in [-0.3, -0.25) is 4.79 Å². The van der Waals surface area contributed by atoms with Gasteiger partial charge in [0.1, 0.15) is 0 Å². The Hall–Kier alpha value is -1.66. The molecule has 2 rings (SSSR count). The predicted molar refractivity (Wildman–Crippen MR) is 78.1 cm³/mol. The first-order valence-corrected chi connectivity index (χ1v) is 7.05. The maximum absolute atomic E-state index is 12.1. The van der Waals surface area contributed by atoms with E-state index < -0.39 is 5.97 Å². The summed E-state index contributed by atoms with van der Waals surface area (Å²) in [5.41, 5.74) is 1.19. The van der Waals surface area contributed by atoms with E-state index in [2.05, 4.69) is 21.2 Å². The highest BCUT2D eigenvalue weighted by atomic mass is 79.9. The maximum atomic E-state index is 12.1. The van der Waals surface area contributed by atoms with Crippen LogP contribution in [0.15, 0.2) is 34.1 Å². The highest BCUT2D eigenvalue weighted by Crippen LogP contribution is 2.28. The van der Waals surface area contributed by atoms with E-state index in [1.165, 1.54) is 17.4 Å². The van der Waals surface area contributed by atoms with Crippen LogP contribution in [0.25, 0.3) is 0 Å². The van der Waals surface area contributed by atoms with Crippen LogP contribution in [0.1, 0.15) is 25.6 Å². The molecular weight excluding hydrogens is 330 g/mol. The molecule has 1 aromatic carbocycles. The van der Waals surface area contributed by atoms with E-state index in [0.29, 0.717) is 9.35 Å². The number of aryl methyl sites for hydroxylation is 1. The number of anilines is 1. The first-order chi connectivity index (χ1) is 9.00. The fraction of sp³-hybridized carbons (Fsp3) is 0.0769. The number of halogens is 1. The fourth-order valence-corrected chi connectivity index (χ4v) is 2.89. The van der Waals surface area contributed by atoms with Gasteiger partial charge < -0.3 is 10.4 Å². The Labute approximate surface area is 122 Å². The molecule has 0 unspecified atom stereocenters. The summed E-state index contributed by atoms with van der Waals surface area (Å²) < 4.78 is 0.537. The van der Waals surface area contributed by atoms with Crippen LogP contribution < -0.4 is 5.32 Å². The molecule has 0 bridgehead atoms. The van der Waals surface area contributed by atoms with Crippen molar-refractivity contribution in [1.82, 2.24) is 0 Å². The Morgan fingerprint density at radius 1 is 1.32 bits per heavy atom. The molecule has 2 N–H and O–H groups in total. The third-order valence-electron chi connectivity index (χ3n) is 2.55. The number of para-hydroxylation sites is 1. The van der Waals surface area contributed by atoms with E-state index in [9.17, 15) is 9.59 Å². The fourth-order valence-electron chi connectivity index (χ4n) is 1.61. The van der Waals surface area contributed by atoms with Crippen LogP contribution in [0.2, 0.25) is 0 Å². The molecule has 0 aliphatic rings. The molecule has 2 aromatic rings. The second-order valence-corrected chi connectivity index (χ2v) is 5.62. The highest BCUT2D eigenvalue weighted by molar-refractivity contribution is 9.10. The number of benzene rings is 1. The van der Waals surface area contributed by atoms with E-state index in [0.717, 1.165) is 5.56 Å². The van der Waals surface area contributed by atoms with E-state index >= 15 is 0 Å². The molecule has 0 spiro atoms. The molecule has 0 atom stereocenters. The summed E-state index contributed by atoms with van der Waals surface area (Å²) in [5.74, 6) is -1.39. The van der Waals surface area contributed by atoms with Gasteiger partial charge in [-0.2, -0.15) is 0 Å². The molecule has 98 valence electrons. The number of carbonyl (C=O) groups excluding carboxylic acids is 1. The second-order valence-electron chi connectivity index (χ2n) is 3.85. The number of aromatic carboxylic acids is 1. The lowest BCUT2D eigenvalue weighted by molar-refractivity contribution is 0.0698. The normalized spacial score (nSPS) is 10.2. The topological polar surface area (TPSA) is 66.4 Å². The van der Waals surface area contributed by atoms with Gasteiger partial charge in [-0.1, -0.05) is 6.07 Å². The molecule has 0 saturated heterocycles. The number of amides is 1. The van der Waals surface area contributed by atoms with E-state index in [1.54, 1.807) is 12.1 Å². The number of rotatable bonds is 3. The van der Waals surface area contributed by atoms with E-state index in [-0.39, 0.29) is 17.2 Å². The zero-order valence-electron chi connectivity index (χ0n) is 9.94. The van der Waals surface area contributed by atoms with Crippen molar-refractivity contribution in [3.8, 4) is 0 Å². The van der Waals surface area contributed by atoms with Crippen LogP contribution in [0.4, 0.5) is 5.69 Å². The first kappa shape index (κ1) is 13.8. The Balaban J connectivity index is 2.36. The van der Waals surface area contributed by atoms with Crippen LogP contribution in [0.3, 0.4) is 0 Å². The van der Waals surface area contributed by atoms with Crippen molar-refractivity contribution >= 4 is 44.8 Å². The Morgan fingerprint density at radius 3 is 2.63 bits per heavy atom. The van der Waals surface area contributed by atoms with Crippen molar-refractivity contribution < 1.29 is 14.7 Å². The van der Waals surface area contributed by atoms with Gasteiger partial charge in [0.15, 0.2) is 0 Å². The molecule has 1 heterocycles. The van der Waals surface area contributed by atoms with Crippen LogP contribution in [-0.2, 0) is 0 Å². The molecule has 0 saturated carbocycles. The van der Waals surface area contributed by atoms with Gasteiger partial charge in [-0.25, -0.2) is 4.79 Å². The second kappa shape index (κ2) is 5.54. The lowest BCUT2D eigenvalue weighted by Gasteiger charge is -2.10. The molecular formula is C13H10BrNO3S. The zero-order chi connectivity index (χ0) is 14.0. The quantitative estimate of drug-likeness (QED) is 0.894. The van der Waals surface area contributed by atoms with Gasteiger partial charge in [0, 0.05) is 4.47 Å². The first-order valence-electron chi connectivity index (χ1n) is 5.38. The lowest BCUT2D eigenvalue weighted by atomic mass is 10.1. The highest BCUT2D eigenvalue weighted by Gasteiger charge is 2.17. The number of carboxylic acids is 1. The van der Waals surface area contributed by atoms with Crippen molar-refractivity contribution in [3.05, 3.63) is 50.1 Å². The van der Waals surface area contributed by atoms with Crippen LogP contribution in [0.5, 0.6) is 0 Å². The van der Waals surface area contributed by atoms with Crippen molar-refractivity contribution in [2.24, 2.45) is 0 Å². The standard InChI is InChI=1S/C13H10BrNO3S/c1-7-5-6-19-11(7)12(16)15-10-8(13(17)18)3-2-4-9(10)14/h2-6H,1H3,(H,15,16)(H,17,18). The Bertz CT molecular complexity index is 651. The summed E-state index contributed by atoms with van der Waals surface area (Å²) >= 11 is 4.57. The minimum Gasteiger partial charge on any atom is -0.478 e. The van der Waals surface area contributed by atoms with Gasteiger partial charge in [-0.05, 0) is 52.0 Å². The van der Waals surface area contributed by atoms with E-state index in [4.69, 9.17) is 5.11 Å². The Morgan fingerprint density at radius 2 is 2.05 bits per heavy atom. The molecule has 0 fully saturated rings. The molecule has 0 radical (unpaired) electrons. The van der Waals surface area contributed by atoms with Gasteiger partial charge in [0.2, 0.25) is 0 Å². The molecule has 6 heteroatoms. The number of hydrogen-bond acceptors (Lipinski definition) is 3. The molecule has 1 amide bonds. The average Bonchev–Trinajstić information content (AvgIpc) is 2.77. The summed E-state index contributed by atoms with van der Waals surface area (Å²) in [4.78, 5) is 23.8. The average molecular weight is 340 g/mol. The SMILES string of the molecule is Cc1ccsc1C(=O)Nc1c(Br)cccc1C(=O)O. The lowest BCUT2D eigenvalue weighted by Crippen LogP contribution is -2.15. The minimum atomic E-state index is -1.08. The van der Waals surface area contributed by atoms with Crippen LogP contribution >= 0.6 is 27.3 Å². The molecule has 1 aromatic heterocycles. The zero-order valence-corrected chi connectivity index (χ0v) is 12.3. The number of nitrogens with one attached hydrogen (secondary N) is 1. The summed E-state index contributed by atoms with van der Waals surface area (Å²) in [6, 6.07) is 6.59.